The van der Waals surface area contributed by atoms with Crippen molar-refractivity contribution in [3.05, 3.63) is 60.7 Å². The van der Waals surface area contributed by atoms with E-state index in [0.717, 1.165) is 0 Å². The zero-order valence-corrected chi connectivity index (χ0v) is 24.3. The maximum Gasteiger partial charge on any atom is 2.00 e. The van der Waals surface area contributed by atoms with E-state index in [-0.39, 0.29) is 36.2 Å². The molecule has 0 amide bonds. The Balaban J connectivity index is 0.00000648. The summed E-state index contributed by atoms with van der Waals surface area (Å²) in [5.74, 6) is 0. The molecule has 0 aliphatic carbocycles. The van der Waals surface area contributed by atoms with Crippen LogP contribution in [0.15, 0.2) is 60.7 Å². The SMILES string of the molecule is CCN(CCN(CCN(C)CP(=O)(O)O)CP(=O)(O)c1ccccc1)CP(=O)(O)c1ccccc1.[Fe+2]. The predicted octanol–water partition coefficient (Wildman–Crippen LogP) is 1.78. The molecule has 0 radical (unpaired) electrons. The molecule has 0 spiro atoms. The molecule has 2 aromatic carbocycles. The minimum absolute atomic E-state index is 0. The van der Waals surface area contributed by atoms with Crippen LogP contribution < -0.4 is 10.6 Å². The molecule has 2 unspecified atom stereocenters. The van der Waals surface area contributed by atoms with Gasteiger partial charge in [-0.15, -0.1) is 0 Å². The first kappa shape index (κ1) is 33.4. The second kappa shape index (κ2) is 15.1. The Morgan fingerprint density at radius 3 is 1.44 bits per heavy atom. The Morgan fingerprint density at radius 1 is 0.639 bits per heavy atom. The van der Waals surface area contributed by atoms with Crippen LogP contribution in [0.5, 0.6) is 0 Å². The molecule has 0 aromatic heterocycles. The molecule has 4 N–H and O–H groups in total. The molecule has 2 atom stereocenters. The van der Waals surface area contributed by atoms with Gasteiger partial charge in [-0.1, -0.05) is 43.3 Å². The maximum absolute atomic E-state index is 13.1. The molecule has 0 fully saturated rings. The van der Waals surface area contributed by atoms with Crippen LogP contribution in [-0.4, -0.2) is 92.9 Å². The second-order valence-corrected chi connectivity index (χ2v) is 14.6. The van der Waals surface area contributed by atoms with Crippen LogP contribution in [0.2, 0.25) is 0 Å². The van der Waals surface area contributed by atoms with Crippen molar-refractivity contribution >= 4 is 32.9 Å². The average molecular weight is 603 g/mol. The van der Waals surface area contributed by atoms with Gasteiger partial charge in [0.25, 0.3) is 0 Å². The van der Waals surface area contributed by atoms with E-state index in [9.17, 15) is 33.3 Å². The number of nitrogens with zero attached hydrogens (tertiary/aromatic N) is 3. The standard InChI is InChI=1S/C22H36N3O7P3.Fe/c1-3-24(19-33(26,27)21-10-6-4-7-11-21)16-17-25(15-14-23(2)18-35(30,31)32)20-34(28,29)22-12-8-5-9-13-22;/h4-13H,3,14-20H2,1-2H3,(H,26,27)(H,28,29)(H2,30,31,32);/q;+2. The van der Waals surface area contributed by atoms with Gasteiger partial charge < -0.3 is 19.6 Å². The predicted molar refractivity (Wildman–Crippen MR) is 140 cm³/mol. The van der Waals surface area contributed by atoms with Gasteiger partial charge in [0.15, 0.2) is 0 Å². The number of hydrogen-bond donors (Lipinski definition) is 4. The molecule has 0 aliphatic rings. The molecule has 10 nitrogen and oxygen atoms in total. The van der Waals surface area contributed by atoms with Gasteiger partial charge in [-0.2, -0.15) is 0 Å². The number of hydrogen-bond acceptors (Lipinski definition) is 6. The first-order valence-corrected chi connectivity index (χ1v) is 16.7. The van der Waals surface area contributed by atoms with Crippen LogP contribution in [0.3, 0.4) is 0 Å². The largest absolute Gasteiger partial charge is 2.00 e. The van der Waals surface area contributed by atoms with E-state index < -0.39 is 28.6 Å². The summed E-state index contributed by atoms with van der Waals surface area (Å²) < 4.78 is 37.3. The van der Waals surface area contributed by atoms with E-state index in [2.05, 4.69) is 0 Å². The molecule has 0 aliphatic heterocycles. The van der Waals surface area contributed by atoms with Gasteiger partial charge in [-0.25, -0.2) is 0 Å². The zero-order chi connectivity index (χ0) is 26.1. The Hall–Kier alpha value is -0.631. The Morgan fingerprint density at radius 2 is 1.03 bits per heavy atom. The molecule has 0 heterocycles. The third-order valence-electron chi connectivity index (χ3n) is 5.51. The van der Waals surface area contributed by atoms with Crippen molar-refractivity contribution in [3.8, 4) is 0 Å². The van der Waals surface area contributed by atoms with Crippen LogP contribution in [0.25, 0.3) is 0 Å². The summed E-state index contributed by atoms with van der Waals surface area (Å²) in [6.07, 6.45) is -0.606. The van der Waals surface area contributed by atoms with Crippen molar-refractivity contribution in [1.29, 1.82) is 0 Å². The molecule has 202 valence electrons. The summed E-state index contributed by atoms with van der Waals surface area (Å²) in [5.41, 5.74) is 0. The van der Waals surface area contributed by atoms with E-state index in [4.69, 9.17) is 0 Å². The molecule has 0 saturated carbocycles. The summed E-state index contributed by atoms with van der Waals surface area (Å²) >= 11 is 0. The van der Waals surface area contributed by atoms with E-state index in [1.165, 1.54) is 4.90 Å². The van der Waals surface area contributed by atoms with Crippen molar-refractivity contribution in [2.45, 2.75) is 6.92 Å². The Bertz CT molecular complexity index is 1060. The number of rotatable bonds is 15. The van der Waals surface area contributed by atoms with Gasteiger partial charge >= 0.3 is 24.7 Å². The van der Waals surface area contributed by atoms with E-state index in [1.54, 1.807) is 72.6 Å². The van der Waals surface area contributed by atoms with Gasteiger partial charge in [0.1, 0.15) is 6.29 Å². The van der Waals surface area contributed by atoms with Crippen LogP contribution in [0, 0.1) is 0 Å². The van der Waals surface area contributed by atoms with Crippen molar-refractivity contribution < 1.29 is 50.3 Å². The molecule has 2 rings (SSSR count). The van der Waals surface area contributed by atoms with Crippen LogP contribution >= 0.6 is 22.3 Å². The van der Waals surface area contributed by atoms with Crippen LogP contribution in [0.4, 0.5) is 0 Å². The molecule has 2 aromatic rings. The maximum atomic E-state index is 13.1. The monoisotopic (exact) mass is 603 g/mol. The second-order valence-electron chi connectivity index (χ2n) is 8.57. The van der Waals surface area contributed by atoms with Crippen molar-refractivity contribution in [2.24, 2.45) is 0 Å². The van der Waals surface area contributed by atoms with E-state index >= 15 is 0 Å². The smallest absolute Gasteiger partial charge is 0.340 e. The molecular formula is C22H36FeN3O7P3+2. The summed E-state index contributed by atoms with van der Waals surface area (Å²) in [7, 11) is -9.99. The third-order valence-corrected chi connectivity index (χ3v) is 10.1. The minimum atomic E-state index is -4.22. The minimum Gasteiger partial charge on any atom is -0.340 e. The number of benzene rings is 2. The fourth-order valence-electron chi connectivity index (χ4n) is 3.59. The third kappa shape index (κ3) is 11.8. The van der Waals surface area contributed by atoms with Gasteiger partial charge in [0.05, 0.1) is 12.6 Å². The normalized spacial score (nSPS) is 15.5. The van der Waals surface area contributed by atoms with Gasteiger partial charge in [-0.3, -0.25) is 28.4 Å². The quantitative estimate of drug-likeness (QED) is 0.176. The summed E-state index contributed by atoms with van der Waals surface area (Å²) in [5, 5.41) is 0.697. The van der Waals surface area contributed by atoms with Crippen molar-refractivity contribution in [2.75, 3.05) is 58.6 Å². The first-order chi connectivity index (χ1) is 16.3. The summed E-state index contributed by atoms with van der Waals surface area (Å²) in [4.78, 5) is 44.8. The van der Waals surface area contributed by atoms with E-state index in [1.807, 2.05) is 11.8 Å². The fourth-order valence-corrected chi connectivity index (χ4v) is 7.67. The van der Waals surface area contributed by atoms with Gasteiger partial charge in [0.2, 0.25) is 14.7 Å². The van der Waals surface area contributed by atoms with Crippen molar-refractivity contribution in [1.82, 2.24) is 14.7 Å². The number of likely N-dealkylation sites (N-methyl/N-ethyl adjacent to an activating group) is 2. The fraction of sp³-hybridized carbons (Fsp3) is 0.455. The zero-order valence-electron chi connectivity index (χ0n) is 20.5. The Labute approximate surface area is 223 Å². The summed E-state index contributed by atoms with van der Waals surface area (Å²) in [6, 6.07) is 16.8. The first-order valence-electron chi connectivity index (χ1n) is 11.2. The van der Waals surface area contributed by atoms with Crippen molar-refractivity contribution in [3.63, 3.8) is 0 Å². The summed E-state index contributed by atoms with van der Waals surface area (Å²) in [6.45, 7) is 3.67. The Kier molecular flexibility index (Phi) is 14.0. The molecule has 36 heavy (non-hydrogen) atoms. The molecule has 0 bridgehead atoms. The topological polar surface area (TPSA) is 142 Å². The molecular weight excluding hydrogens is 567 g/mol. The van der Waals surface area contributed by atoms with E-state index in [0.29, 0.717) is 36.8 Å². The van der Waals surface area contributed by atoms with Crippen LogP contribution in [-0.2, 0) is 30.8 Å². The van der Waals surface area contributed by atoms with Gasteiger partial charge in [0, 0.05) is 36.8 Å². The van der Waals surface area contributed by atoms with Crippen LogP contribution in [0.1, 0.15) is 6.92 Å². The molecule has 0 saturated heterocycles. The van der Waals surface area contributed by atoms with Gasteiger partial charge in [-0.05, 0) is 37.9 Å². The average Bonchev–Trinajstić information content (AvgIpc) is 2.79. The molecule has 14 heteroatoms.